The minimum Gasteiger partial charge on any atom is -0.497 e. The summed E-state index contributed by atoms with van der Waals surface area (Å²) < 4.78 is 11.0. The molecule has 0 bridgehead atoms. The van der Waals surface area contributed by atoms with E-state index in [-0.39, 0.29) is 6.61 Å². The van der Waals surface area contributed by atoms with Gasteiger partial charge in [0.2, 0.25) is 5.60 Å². The first kappa shape index (κ1) is 20.8. The van der Waals surface area contributed by atoms with Crippen LogP contribution in [0.4, 0.5) is 0 Å². The van der Waals surface area contributed by atoms with Crippen molar-refractivity contribution in [3.05, 3.63) is 102 Å². The van der Waals surface area contributed by atoms with E-state index in [2.05, 4.69) is 0 Å². The van der Waals surface area contributed by atoms with Crippen LogP contribution >= 0.6 is 0 Å². The highest BCUT2D eigenvalue weighted by atomic mass is 16.7. The molecule has 0 aliphatic carbocycles. The van der Waals surface area contributed by atoms with E-state index in [4.69, 9.17) is 14.3 Å². The number of aldehydes is 1. The lowest BCUT2D eigenvalue weighted by Crippen LogP contribution is -2.45. The molecule has 31 heavy (non-hydrogen) atoms. The lowest BCUT2D eigenvalue weighted by atomic mass is 9.90. The number of hydrogen-bond donors (Lipinski definition) is 0. The zero-order chi connectivity index (χ0) is 21.7. The van der Waals surface area contributed by atoms with Crippen molar-refractivity contribution in [1.82, 2.24) is 5.06 Å². The number of carbonyl (C=O) groups excluding carboxylic acids is 2. The van der Waals surface area contributed by atoms with E-state index >= 15 is 0 Å². The molecule has 0 amide bonds. The highest BCUT2D eigenvalue weighted by Crippen LogP contribution is 2.41. The van der Waals surface area contributed by atoms with Gasteiger partial charge in [0.05, 0.1) is 12.7 Å². The molecule has 2 unspecified atom stereocenters. The lowest BCUT2D eigenvalue weighted by molar-refractivity contribution is -0.141. The number of ether oxygens (including phenoxy) is 2. The molecule has 1 aliphatic heterocycles. The summed E-state index contributed by atoms with van der Waals surface area (Å²) in [4.78, 5) is 31.2. The largest absolute Gasteiger partial charge is 0.497 e. The summed E-state index contributed by atoms with van der Waals surface area (Å²) in [7, 11) is 1.55. The number of methoxy groups -OCH3 is 1. The van der Waals surface area contributed by atoms with Crippen molar-refractivity contribution >= 4 is 12.3 Å². The van der Waals surface area contributed by atoms with Gasteiger partial charge in [-0.25, -0.2) is 4.79 Å². The van der Waals surface area contributed by atoms with E-state index in [0.29, 0.717) is 24.1 Å². The molecule has 0 aromatic heterocycles. The van der Waals surface area contributed by atoms with Crippen LogP contribution in [-0.4, -0.2) is 36.6 Å². The van der Waals surface area contributed by atoms with Crippen LogP contribution in [0.15, 0.2) is 84.9 Å². The molecule has 1 aliphatic rings. The summed E-state index contributed by atoms with van der Waals surface area (Å²) in [5, 5.41) is 1.71. The second kappa shape index (κ2) is 9.12. The van der Waals surface area contributed by atoms with Crippen LogP contribution < -0.4 is 4.74 Å². The highest BCUT2D eigenvalue weighted by Gasteiger charge is 2.53. The molecule has 1 saturated heterocycles. The first-order valence-electron chi connectivity index (χ1n) is 9.97. The molecule has 2 atom stereocenters. The Balaban J connectivity index is 1.65. The Morgan fingerprint density at radius 3 is 2.29 bits per heavy atom. The number of nitrogens with zero attached hydrogens (tertiary/aromatic N) is 1. The quantitative estimate of drug-likeness (QED) is 0.428. The van der Waals surface area contributed by atoms with Gasteiger partial charge in [-0.2, -0.15) is 5.06 Å². The molecule has 0 spiro atoms. The van der Waals surface area contributed by atoms with Crippen LogP contribution in [0.2, 0.25) is 0 Å². The van der Waals surface area contributed by atoms with E-state index in [1.807, 2.05) is 60.7 Å². The summed E-state index contributed by atoms with van der Waals surface area (Å²) in [5.41, 5.74) is 0.695. The van der Waals surface area contributed by atoms with Crippen molar-refractivity contribution in [3.63, 3.8) is 0 Å². The van der Waals surface area contributed by atoms with Crippen LogP contribution in [0.5, 0.6) is 5.75 Å². The Hall–Kier alpha value is -3.48. The molecule has 0 saturated carbocycles. The fraction of sp³-hybridized carbons (Fsp3) is 0.200. The lowest BCUT2D eigenvalue weighted by Gasteiger charge is -2.31. The Labute approximate surface area is 180 Å². The minimum atomic E-state index is -1.48. The maximum Gasteiger partial charge on any atom is 0.339 e. The van der Waals surface area contributed by atoms with Gasteiger partial charge in [0, 0.05) is 6.54 Å². The number of rotatable bonds is 7. The zero-order valence-electron chi connectivity index (χ0n) is 17.1. The molecule has 1 fully saturated rings. The SMILES string of the molecule is COc1ccc(C(=O)OC2(C=O)CON(Cc3ccccc3)C2c2ccccc2)cc1. The molecule has 3 aromatic rings. The zero-order valence-corrected chi connectivity index (χ0v) is 17.1. The Morgan fingerprint density at radius 1 is 1.03 bits per heavy atom. The maximum absolute atomic E-state index is 12.9. The van der Waals surface area contributed by atoms with Gasteiger partial charge in [0.1, 0.15) is 18.4 Å². The van der Waals surface area contributed by atoms with Crippen LogP contribution in [-0.2, 0) is 20.9 Å². The third-order valence-electron chi connectivity index (χ3n) is 5.31. The number of carbonyl (C=O) groups is 2. The van der Waals surface area contributed by atoms with E-state index < -0.39 is 17.6 Å². The topological polar surface area (TPSA) is 65.1 Å². The molecule has 0 radical (unpaired) electrons. The Morgan fingerprint density at radius 2 is 1.68 bits per heavy atom. The summed E-state index contributed by atoms with van der Waals surface area (Å²) in [6.07, 6.45) is 0.678. The maximum atomic E-state index is 12.9. The summed E-state index contributed by atoms with van der Waals surface area (Å²) >= 11 is 0. The van der Waals surface area contributed by atoms with Crippen molar-refractivity contribution < 1.29 is 23.9 Å². The molecular formula is C25H23NO5. The van der Waals surface area contributed by atoms with Crippen molar-refractivity contribution in [1.29, 1.82) is 0 Å². The van der Waals surface area contributed by atoms with Gasteiger partial charge < -0.3 is 9.47 Å². The predicted molar refractivity (Wildman–Crippen MR) is 114 cm³/mol. The molecule has 6 nitrogen and oxygen atoms in total. The molecule has 6 heteroatoms. The summed E-state index contributed by atoms with van der Waals surface area (Å²) in [6, 6.07) is 25.2. The Bertz CT molecular complexity index is 1020. The van der Waals surface area contributed by atoms with E-state index in [9.17, 15) is 9.59 Å². The van der Waals surface area contributed by atoms with Gasteiger partial charge in [-0.15, -0.1) is 0 Å². The molecule has 4 rings (SSSR count). The van der Waals surface area contributed by atoms with Crippen molar-refractivity contribution in [3.8, 4) is 5.75 Å². The number of esters is 1. The smallest absolute Gasteiger partial charge is 0.339 e. The third kappa shape index (κ3) is 4.35. The van der Waals surface area contributed by atoms with Gasteiger partial charge in [-0.05, 0) is 35.4 Å². The van der Waals surface area contributed by atoms with E-state index in [1.54, 1.807) is 36.4 Å². The fourth-order valence-electron chi connectivity index (χ4n) is 3.73. The minimum absolute atomic E-state index is 0.0647. The van der Waals surface area contributed by atoms with Crippen LogP contribution in [0, 0.1) is 0 Å². The predicted octanol–water partition coefficient (Wildman–Crippen LogP) is 3.98. The third-order valence-corrected chi connectivity index (χ3v) is 5.31. The Kier molecular flexibility index (Phi) is 6.11. The van der Waals surface area contributed by atoms with Crippen molar-refractivity contribution in [2.24, 2.45) is 0 Å². The van der Waals surface area contributed by atoms with Gasteiger partial charge >= 0.3 is 5.97 Å². The molecule has 3 aromatic carbocycles. The molecule has 0 N–H and O–H groups in total. The van der Waals surface area contributed by atoms with Gasteiger partial charge in [-0.3, -0.25) is 9.63 Å². The van der Waals surface area contributed by atoms with Crippen LogP contribution in [0.3, 0.4) is 0 Å². The second-order valence-corrected chi connectivity index (χ2v) is 7.34. The average Bonchev–Trinajstić information content (AvgIpc) is 3.18. The first-order chi connectivity index (χ1) is 15.1. The van der Waals surface area contributed by atoms with Crippen molar-refractivity contribution in [2.75, 3.05) is 13.7 Å². The van der Waals surface area contributed by atoms with Crippen LogP contribution in [0.25, 0.3) is 0 Å². The second-order valence-electron chi connectivity index (χ2n) is 7.34. The van der Waals surface area contributed by atoms with Gasteiger partial charge in [0.25, 0.3) is 0 Å². The standard InChI is InChI=1S/C25H23NO5/c1-29-22-14-12-21(13-15-22)24(28)31-25(17-27)18-30-26(16-19-8-4-2-5-9-19)23(25)20-10-6-3-7-11-20/h2-15,17,23H,16,18H2,1H3. The summed E-state index contributed by atoms with van der Waals surface area (Å²) in [5.74, 6) is 0.0305. The molecule has 158 valence electrons. The highest BCUT2D eigenvalue weighted by molar-refractivity contribution is 5.91. The fourth-order valence-corrected chi connectivity index (χ4v) is 3.73. The molecule has 1 heterocycles. The summed E-state index contributed by atoms with van der Waals surface area (Å²) in [6.45, 7) is 0.376. The number of hydroxylamine groups is 2. The molecular weight excluding hydrogens is 394 g/mol. The van der Waals surface area contributed by atoms with Crippen LogP contribution in [0.1, 0.15) is 27.5 Å². The number of benzene rings is 3. The normalized spacial score (nSPS) is 20.9. The first-order valence-corrected chi connectivity index (χ1v) is 9.97. The van der Waals surface area contributed by atoms with Crippen molar-refractivity contribution in [2.45, 2.75) is 18.2 Å². The van der Waals surface area contributed by atoms with Gasteiger partial charge in [-0.1, -0.05) is 60.7 Å². The number of hydrogen-bond acceptors (Lipinski definition) is 6. The monoisotopic (exact) mass is 417 g/mol. The van der Waals surface area contributed by atoms with E-state index in [1.165, 1.54) is 0 Å². The average molecular weight is 417 g/mol. The van der Waals surface area contributed by atoms with Gasteiger partial charge in [0.15, 0.2) is 6.29 Å². The van der Waals surface area contributed by atoms with E-state index in [0.717, 1.165) is 11.1 Å².